The highest BCUT2D eigenvalue weighted by Crippen LogP contribution is 2.19. The zero-order valence-corrected chi connectivity index (χ0v) is 14.5. The predicted molar refractivity (Wildman–Crippen MR) is 95.4 cm³/mol. The molecule has 0 radical (unpaired) electrons. The van der Waals surface area contributed by atoms with Crippen LogP contribution in [-0.4, -0.2) is 25.8 Å². The van der Waals surface area contributed by atoms with Gasteiger partial charge in [-0.3, -0.25) is 14.9 Å². The van der Waals surface area contributed by atoms with E-state index in [-0.39, 0.29) is 17.9 Å². The van der Waals surface area contributed by atoms with Crippen LogP contribution in [-0.2, 0) is 6.54 Å². The van der Waals surface area contributed by atoms with E-state index in [1.807, 2.05) is 18.2 Å². The molecule has 0 aliphatic rings. The zero-order valence-electron chi connectivity index (χ0n) is 13.7. The van der Waals surface area contributed by atoms with E-state index in [1.165, 1.54) is 16.8 Å². The van der Waals surface area contributed by atoms with Crippen LogP contribution in [0.4, 0.5) is 5.69 Å². The molecule has 0 saturated carbocycles. The number of amides is 1. The van der Waals surface area contributed by atoms with E-state index in [0.717, 1.165) is 5.56 Å². The standard InChI is InChI=1S/C17H14ClN5O3/c1-11-16(17(24)19-10-12-5-2-3-8-15(12)18)20-21-22(11)13-6-4-7-14(9-13)23(25)26/h2-9H,10H2,1H3,(H,19,24). The molecule has 3 aromatic rings. The van der Waals surface area contributed by atoms with Crippen molar-refractivity contribution in [2.24, 2.45) is 0 Å². The van der Waals surface area contributed by atoms with Gasteiger partial charge in [-0.05, 0) is 24.6 Å². The molecule has 132 valence electrons. The number of nitro groups is 1. The van der Waals surface area contributed by atoms with Gasteiger partial charge < -0.3 is 5.32 Å². The fourth-order valence-electron chi connectivity index (χ4n) is 2.42. The Bertz CT molecular complexity index is 986. The van der Waals surface area contributed by atoms with Crippen LogP contribution < -0.4 is 5.32 Å². The number of nitrogens with one attached hydrogen (secondary N) is 1. The minimum absolute atomic E-state index is 0.0675. The van der Waals surface area contributed by atoms with Gasteiger partial charge >= 0.3 is 0 Å². The topological polar surface area (TPSA) is 103 Å². The minimum atomic E-state index is -0.493. The molecule has 1 heterocycles. The van der Waals surface area contributed by atoms with Gasteiger partial charge in [0.05, 0.1) is 16.3 Å². The largest absolute Gasteiger partial charge is 0.346 e. The summed E-state index contributed by atoms with van der Waals surface area (Å²) in [5.41, 5.74) is 1.79. The van der Waals surface area contributed by atoms with Gasteiger partial charge in [0.25, 0.3) is 11.6 Å². The number of nitro benzene ring substituents is 1. The Hall–Kier alpha value is -3.26. The molecule has 0 aliphatic heterocycles. The molecule has 0 unspecified atom stereocenters. The predicted octanol–water partition coefficient (Wildman–Crippen LogP) is 3.07. The van der Waals surface area contributed by atoms with E-state index in [4.69, 9.17) is 11.6 Å². The molecule has 9 heteroatoms. The van der Waals surface area contributed by atoms with Crippen LogP contribution in [0.15, 0.2) is 48.5 Å². The number of carbonyl (C=O) groups is 1. The number of nitrogens with zero attached hydrogens (tertiary/aromatic N) is 4. The molecule has 3 rings (SSSR count). The van der Waals surface area contributed by atoms with Crippen LogP contribution in [0.1, 0.15) is 21.7 Å². The van der Waals surface area contributed by atoms with Gasteiger partial charge in [-0.25, -0.2) is 4.68 Å². The Morgan fingerprint density at radius 3 is 2.77 bits per heavy atom. The number of carbonyl (C=O) groups excluding carboxylic acids is 1. The van der Waals surface area contributed by atoms with Crippen LogP contribution in [0.5, 0.6) is 0 Å². The first kappa shape index (κ1) is 17.6. The summed E-state index contributed by atoms with van der Waals surface area (Å²) in [6.45, 7) is 1.92. The van der Waals surface area contributed by atoms with Crippen LogP contribution >= 0.6 is 11.6 Å². The molecule has 0 aliphatic carbocycles. The van der Waals surface area contributed by atoms with E-state index < -0.39 is 10.8 Å². The maximum absolute atomic E-state index is 12.4. The summed E-state index contributed by atoms with van der Waals surface area (Å²) in [7, 11) is 0. The van der Waals surface area contributed by atoms with Crippen molar-refractivity contribution in [3.05, 3.63) is 80.6 Å². The van der Waals surface area contributed by atoms with E-state index in [9.17, 15) is 14.9 Å². The minimum Gasteiger partial charge on any atom is -0.346 e. The highest BCUT2D eigenvalue weighted by molar-refractivity contribution is 6.31. The van der Waals surface area contributed by atoms with Crippen molar-refractivity contribution >= 4 is 23.2 Å². The summed E-state index contributed by atoms with van der Waals surface area (Å²) in [6, 6.07) is 13.1. The van der Waals surface area contributed by atoms with Crippen molar-refractivity contribution in [3.63, 3.8) is 0 Å². The average Bonchev–Trinajstić information content (AvgIpc) is 3.02. The Balaban J connectivity index is 1.80. The third kappa shape index (κ3) is 3.55. The highest BCUT2D eigenvalue weighted by Gasteiger charge is 2.18. The molecule has 0 bridgehead atoms. The molecule has 1 aromatic heterocycles. The first-order valence-electron chi connectivity index (χ1n) is 7.66. The van der Waals surface area contributed by atoms with Crippen molar-refractivity contribution in [1.82, 2.24) is 20.3 Å². The third-order valence-electron chi connectivity index (χ3n) is 3.79. The van der Waals surface area contributed by atoms with E-state index in [0.29, 0.717) is 16.4 Å². The van der Waals surface area contributed by atoms with Gasteiger partial charge in [-0.2, -0.15) is 0 Å². The molecule has 0 fully saturated rings. The lowest BCUT2D eigenvalue weighted by Gasteiger charge is -2.06. The first-order valence-corrected chi connectivity index (χ1v) is 8.04. The van der Waals surface area contributed by atoms with Gasteiger partial charge in [0.15, 0.2) is 5.69 Å². The molecular formula is C17H14ClN5O3. The maximum atomic E-state index is 12.4. The quantitative estimate of drug-likeness (QED) is 0.548. The fraction of sp³-hybridized carbons (Fsp3) is 0.118. The smallest absolute Gasteiger partial charge is 0.274 e. The summed E-state index contributed by atoms with van der Waals surface area (Å²) in [6.07, 6.45) is 0. The second-order valence-corrected chi connectivity index (χ2v) is 5.89. The lowest BCUT2D eigenvalue weighted by molar-refractivity contribution is -0.384. The van der Waals surface area contributed by atoms with Crippen molar-refractivity contribution in [2.45, 2.75) is 13.5 Å². The number of rotatable bonds is 5. The number of non-ortho nitro benzene ring substituents is 1. The maximum Gasteiger partial charge on any atom is 0.274 e. The van der Waals surface area contributed by atoms with Crippen LogP contribution in [0.3, 0.4) is 0 Å². The number of hydrogen-bond donors (Lipinski definition) is 1. The number of halogens is 1. The summed E-state index contributed by atoms with van der Waals surface area (Å²) < 4.78 is 1.39. The van der Waals surface area contributed by atoms with Gasteiger partial charge in [0.2, 0.25) is 0 Å². The summed E-state index contributed by atoms with van der Waals surface area (Å²) in [4.78, 5) is 22.8. The second kappa shape index (κ2) is 7.32. The highest BCUT2D eigenvalue weighted by atomic mass is 35.5. The van der Waals surface area contributed by atoms with Crippen molar-refractivity contribution in [2.75, 3.05) is 0 Å². The van der Waals surface area contributed by atoms with Crippen LogP contribution in [0, 0.1) is 17.0 Å². The van der Waals surface area contributed by atoms with E-state index in [1.54, 1.807) is 25.1 Å². The summed E-state index contributed by atoms with van der Waals surface area (Å²) in [5.74, 6) is -0.404. The molecule has 0 saturated heterocycles. The third-order valence-corrected chi connectivity index (χ3v) is 4.16. The molecule has 26 heavy (non-hydrogen) atoms. The van der Waals surface area contributed by atoms with E-state index >= 15 is 0 Å². The fourth-order valence-corrected chi connectivity index (χ4v) is 2.63. The Morgan fingerprint density at radius 2 is 2.04 bits per heavy atom. The van der Waals surface area contributed by atoms with Gasteiger partial charge in [0.1, 0.15) is 0 Å². The molecule has 8 nitrogen and oxygen atoms in total. The van der Waals surface area contributed by atoms with Gasteiger partial charge in [0, 0.05) is 23.7 Å². The first-order chi connectivity index (χ1) is 12.5. The number of benzene rings is 2. The molecule has 1 N–H and O–H groups in total. The molecular weight excluding hydrogens is 358 g/mol. The normalized spacial score (nSPS) is 10.5. The summed E-state index contributed by atoms with van der Waals surface area (Å²) in [5, 5.41) is 22.1. The molecule has 2 aromatic carbocycles. The second-order valence-electron chi connectivity index (χ2n) is 5.49. The van der Waals surface area contributed by atoms with Crippen LogP contribution in [0.2, 0.25) is 5.02 Å². The Kier molecular flexibility index (Phi) is 4.94. The SMILES string of the molecule is Cc1c(C(=O)NCc2ccccc2Cl)nnn1-c1cccc([N+](=O)[O-])c1. The van der Waals surface area contributed by atoms with Crippen molar-refractivity contribution < 1.29 is 9.72 Å². The molecule has 0 atom stereocenters. The monoisotopic (exact) mass is 371 g/mol. The number of hydrogen-bond acceptors (Lipinski definition) is 5. The lowest BCUT2D eigenvalue weighted by Crippen LogP contribution is -2.24. The average molecular weight is 372 g/mol. The lowest BCUT2D eigenvalue weighted by atomic mass is 10.2. The van der Waals surface area contributed by atoms with E-state index in [2.05, 4.69) is 15.6 Å². The molecule has 0 spiro atoms. The Labute approximate surface area is 153 Å². The van der Waals surface area contributed by atoms with Crippen molar-refractivity contribution in [1.29, 1.82) is 0 Å². The van der Waals surface area contributed by atoms with Gasteiger partial charge in [-0.15, -0.1) is 5.10 Å². The zero-order chi connectivity index (χ0) is 18.7. The number of aromatic nitrogens is 3. The Morgan fingerprint density at radius 1 is 1.27 bits per heavy atom. The van der Waals surface area contributed by atoms with Gasteiger partial charge in [-0.1, -0.05) is 41.1 Å². The summed E-state index contributed by atoms with van der Waals surface area (Å²) >= 11 is 6.07. The van der Waals surface area contributed by atoms with Crippen LogP contribution in [0.25, 0.3) is 5.69 Å². The molecule has 1 amide bonds. The van der Waals surface area contributed by atoms with Crippen molar-refractivity contribution in [3.8, 4) is 5.69 Å².